The van der Waals surface area contributed by atoms with Crippen molar-refractivity contribution in [1.29, 1.82) is 0 Å². The molecule has 2 aromatic carbocycles. The second-order valence-corrected chi connectivity index (χ2v) is 5.40. The highest BCUT2D eigenvalue weighted by Crippen LogP contribution is 2.27. The highest BCUT2D eigenvalue weighted by molar-refractivity contribution is 8.03. The number of hydrogen-bond donors (Lipinski definition) is 0. The molecule has 0 aliphatic carbocycles. The molecule has 17 heavy (non-hydrogen) atoms. The maximum atomic E-state index is 2.22. The van der Waals surface area contributed by atoms with Crippen molar-refractivity contribution in [1.82, 2.24) is 0 Å². The minimum Gasteiger partial charge on any atom is -0.0948 e. The van der Waals surface area contributed by atoms with Gasteiger partial charge in [0, 0.05) is 4.90 Å². The van der Waals surface area contributed by atoms with E-state index in [1.165, 1.54) is 20.9 Å². The van der Waals surface area contributed by atoms with Gasteiger partial charge in [0.2, 0.25) is 0 Å². The lowest BCUT2D eigenvalue weighted by Crippen LogP contribution is -1.76. The summed E-state index contributed by atoms with van der Waals surface area (Å²) in [7, 11) is 0. The van der Waals surface area contributed by atoms with E-state index >= 15 is 0 Å². The molecule has 0 heterocycles. The SMILES string of the molecule is C/C(=C/c1ccc(C)cc1)Sc1ccccc1. The lowest BCUT2D eigenvalue weighted by molar-refractivity contribution is 1.45. The first kappa shape index (κ1) is 12.0. The van der Waals surface area contributed by atoms with Gasteiger partial charge in [-0.1, -0.05) is 59.8 Å². The van der Waals surface area contributed by atoms with Crippen LogP contribution in [-0.4, -0.2) is 0 Å². The summed E-state index contributed by atoms with van der Waals surface area (Å²) in [6, 6.07) is 19.1. The highest BCUT2D eigenvalue weighted by atomic mass is 32.2. The maximum absolute atomic E-state index is 2.22. The second-order valence-electron chi connectivity index (χ2n) is 4.08. The zero-order valence-electron chi connectivity index (χ0n) is 10.2. The maximum Gasteiger partial charge on any atom is 0.0118 e. The molecule has 1 heteroatoms. The van der Waals surface area contributed by atoms with Crippen LogP contribution in [0.1, 0.15) is 18.1 Å². The van der Waals surface area contributed by atoms with Crippen LogP contribution in [0.5, 0.6) is 0 Å². The van der Waals surface area contributed by atoms with Crippen LogP contribution in [0.25, 0.3) is 6.08 Å². The molecule has 86 valence electrons. The zero-order valence-corrected chi connectivity index (χ0v) is 11.0. The van der Waals surface area contributed by atoms with E-state index in [9.17, 15) is 0 Å². The van der Waals surface area contributed by atoms with E-state index < -0.39 is 0 Å². The van der Waals surface area contributed by atoms with Crippen molar-refractivity contribution >= 4 is 17.8 Å². The van der Waals surface area contributed by atoms with Crippen LogP contribution in [0, 0.1) is 6.92 Å². The molecule has 0 bridgehead atoms. The Labute approximate surface area is 107 Å². The van der Waals surface area contributed by atoms with E-state index in [0.717, 1.165) is 0 Å². The van der Waals surface area contributed by atoms with E-state index in [1.807, 2.05) is 6.07 Å². The Kier molecular flexibility index (Phi) is 4.05. The average Bonchev–Trinajstić information content (AvgIpc) is 2.33. The third-order valence-electron chi connectivity index (χ3n) is 2.47. The normalized spacial score (nSPS) is 11.5. The molecule has 2 rings (SSSR count). The van der Waals surface area contributed by atoms with Gasteiger partial charge in [0.25, 0.3) is 0 Å². The number of benzene rings is 2. The van der Waals surface area contributed by atoms with E-state index in [2.05, 4.69) is 68.5 Å². The fraction of sp³-hybridized carbons (Fsp3) is 0.125. The molecule has 0 N–H and O–H groups in total. The Balaban J connectivity index is 2.09. The topological polar surface area (TPSA) is 0 Å². The van der Waals surface area contributed by atoms with Gasteiger partial charge in [0.1, 0.15) is 0 Å². The van der Waals surface area contributed by atoms with Crippen molar-refractivity contribution < 1.29 is 0 Å². The van der Waals surface area contributed by atoms with Crippen molar-refractivity contribution in [2.75, 3.05) is 0 Å². The van der Waals surface area contributed by atoms with E-state index in [0.29, 0.717) is 0 Å². The number of aryl methyl sites for hydroxylation is 1. The summed E-state index contributed by atoms with van der Waals surface area (Å²) in [5.74, 6) is 0. The van der Waals surface area contributed by atoms with E-state index in [4.69, 9.17) is 0 Å². The standard InChI is InChI=1S/C16H16S/c1-13-8-10-15(11-9-13)12-14(2)17-16-6-4-3-5-7-16/h3-12H,1-2H3/b14-12-. The van der Waals surface area contributed by atoms with Crippen molar-refractivity contribution in [2.45, 2.75) is 18.7 Å². The van der Waals surface area contributed by atoms with Crippen LogP contribution in [0.3, 0.4) is 0 Å². The van der Waals surface area contributed by atoms with Gasteiger partial charge >= 0.3 is 0 Å². The molecule has 0 saturated carbocycles. The summed E-state index contributed by atoms with van der Waals surface area (Å²) in [6.45, 7) is 4.26. The van der Waals surface area contributed by atoms with Gasteiger partial charge < -0.3 is 0 Å². The summed E-state index contributed by atoms with van der Waals surface area (Å²) in [4.78, 5) is 2.59. The molecule has 0 saturated heterocycles. The molecular formula is C16H16S. The van der Waals surface area contributed by atoms with Gasteiger partial charge in [-0.2, -0.15) is 0 Å². The fourth-order valence-electron chi connectivity index (χ4n) is 1.60. The van der Waals surface area contributed by atoms with Crippen LogP contribution >= 0.6 is 11.8 Å². The van der Waals surface area contributed by atoms with Crippen LogP contribution in [0.4, 0.5) is 0 Å². The predicted molar refractivity (Wildman–Crippen MR) is 77.1 cm³/mol. The van der Waals surface area contributed by atoms with Crippen LogP contribution in [0.2, 0.25) is 0 Å². The lowest BCUT2D eigenvalue weighted by atomic mass is 10.1. The first-order chi connectivity index (χ1) is 8.24. The number of allylic oxidation sites excluding steroid dienone is 1. The molecular weight excluding hydrogens is 224 g/mol. The van der Waals surface area contributed by atoms with Crippen molar-refractivity contribution in [3.05, 3.63) is 70.6 Å². The van der Waals surface area contributed by atoms with Crippen LogP contribution in [-0.2, 0) is 0 Å². The fourth-order valence-corrected chi connectivity index (χ4v) is 2.46. The first-order valence-corrected chi connectivity index (χ1v) is 6.53. The smallest absolute Gasteiger partial charge is 0.0118 e. The largest absolute Gasteiger partial charge is 0.0948 e. The minimum atomic E-state index is 1.26. The van der Waals surface area contributed by atoms with Gasteiger partial charge in [0.15, 0.2) is 0 Å². The van der Waals surface area contributed by atoms with Crippen molar-refractivity contribution in [3.8, 4) is 0 Å². The van der Waals surface area contributed by atoms with E-state index in [-0.39, 0.29) is 0 Å². The van der Waals surface area contributed by atoms with Gasteiger partial charge in [-0.3, -0.25) is 0 Å². The Morgan fingerprint density at radius 2 is 1.59 bits per heavy atom. The van der Waals surface area contributed by atoms with Crippen molar-refractivity contribution in [2.24, 2.45) is 0 Å². The highest BCUT2D eigenvalue weighted by Gasteiger charge is 1.95. The van der Waals surface area contributed by atoms with Gasteiger partial charge in [-0.15, -0.1) is 0 Å². The molecule has 0 amide bonds. The summed E-state index contributed by atoms with van der Waals surface area (Å²) in [6.07, 6.45) is 2.22. The number of rotatable bonds is 3. The summed E-state index contributed by atoms with van der Waals surface area (Å²) in [5.41, 5.74) is 2.56. The molecule has 0 spiro atoms. The zero-order chi connectivity index (χ0) is 12.1. The molecule has 0 aliphatic rings. The quantitative estimate of drug-likeness (QED) is 0.669. The van der Waals surface area contributed by atoms with Gasteiger partial charge in [0.05, 0.1) is 0 Å². The molecule has 0 atom stereocenters. The van der Waals surface area contributed by atoms with E-state index in [1.54, 1.807) is 11.8 Å². The third-order valence-corrected chi connectivity index (χ3v) is 3.42. The van der Waals surface area contributed by atoms with Crippen molar-refractivity contribution in [3.63, 3.8) is 0 Å². The minimum absolute atomic E-state index is 1.26. The molecule has 0 nitrogen and oxygen atoms in total. The molecule has 0 fully saturated rings. The average molecular weight is 240 g/mol. The van der Waals surface area contributed by atoms with Crippen LogP contribution < -0.4 is 0 Å². The molecule has 0 aromatic heterocycles. The molecule has 0 aliphatic heterocycles. The Hall–Kier alpha value is -1.47. The van der Waals surface area contributed by atoms with Crippen LogP contribution in [0.15, 0.2) is 64.4 Å². The molecule has 0 unspecified atom stereocenters. The number of thioether (sulfide) groups is 1. The molecule has 0 radical (unpaired) electrons. The third kappa shape index (κ3) is 3.79. The summed E-state index contributed by atoms with van der Waals surface area (Å²) >= 11 is 1.80. The molecule has 2 aromatic rings. The Bertz CT molecular complexity index is 495. The van der Waals surface area contributed by atoms with Gasteiger partial charge in [-0.25, -0.2) is 0 Å². The predicted octanol–water partition coefficient (Wildman–Crippen LogP) is 5.15. The summed E-state index contributed by atoms with van der Waals surface area (Å²) in [5, 5.41) is 0. The monoisotopic (exact) mass is 240 g/mol. The summed E-state index contributed by atoms with van der Waals surface area (Å²) < 4.78 is 0. The second kappa shape index (κ2) is 5.74. The number of hydrogen-bond acceptors (Lipinski definition) is 1. The lowest BCUT2D eigenvalue weighted by Gasteiger charge is -2.02. The Morgan fingerprint density at radius 3 is 2.24 bits per heavy atom. The van der Waals surface area contributed by atoms with Gasteiger partial charge in [-0.05, 0) is 42.5 Å². The Morgan fingerprint density at radius 1 is 0.941 bits per heavy atom. The first-order valence-electron chi connectivity index (χ1n) is 5.72.